The summed E-state index contributed by atoms with van der Waals surface area (Å²) in [6.45, 7) is 0. The van der Waals surface area contributed by atoms with Crippen LogP contribution in [0.5, 0.6) is 5.75 Å². The van der Waals surface area contributed by atoms with E-state index in [4.69, 9.17) is 5.11 Å². The Morgan fingerprint density at radius 2 is 0.750 bits per heavy atom. The first-order chi connectivity index (χ1) is 9.36. The monoisotopic (exact) mass is 272 g/mol. The van der Waals surface area contributed by atoms with Gasteiger partial charge >= 0.3 is 29.6 Å². The maximum atomic E-state index is 8.63. The van der Waals surface area contributed by atoms with Gasteiger partial charge in [0.2, 0.25) is 0 Å². The van der Waals surface area contributed by atoms with Crippen LogP contribution in [-0.2, 0) is 0 Å². The van der Waals surface area contributed by atoms with Crippen LogP contribution < -0.4 is 0 Å². The van der Waals surface area contributed by atoms with Crippen LogP contribution in [0.2, 0.25) is 0 Å². The van der Waals surface area contributed by atoms with Crippen molar-refractivity contribution in [1.82, 2.24) is 0 Å². The maximum absolute atomic E-state index is 8.63. The molecule has 0 fully saturated rings. The van der Waals surface area contributed by atoms with Gasteiger partial charge in [0.15, 0.2) is 0 Å². The van der Waals surface area contributed by atoms with Crippen molar-refractivity contribution in [1.29, 1.82) is 0 Å². The van der Waals surface area contributed by atoms with Crippen molar-refractivity contribution >= 4 is 29.6 Å². The molecule has 1 nitrogen and oxygen atoms in total. The third kappa shape index (κ3) is 5.62. The molecule has 0 spiro atoms. The molecule has 1 N–H and O–H groups in total. The molecule has 0 aliphatic carbocycles. The third-order valence-electron chi connectivity index (χ3n) is 2.64. The van der Waals surface area contributed by atoms with Crippen LogP contribution >= 0.6 is 0 Å². The maximum Gasteiger partial charge on any atom is -0.0184 e. The Labute approximate surface area is 142 Å². The first-order valence-corrected chi connectivity index (χ1v) is 6.21. The van der Waals surface area contributed by atoms with Gasteiger partial charge in [-0.05, 0) is 23.3 Å². The van der Waals surface area contributed by atoms with E-state index in [1.165, 1.54) is 11.1 Å². The van der Waals surface area contributed by atoms with Crippen molar-refractivity contribution in [3.63, 3.8) is 0 Å². The van der Waals surface area contributed by atoms with E-state index in [0.717, 1.165) is 0 Å². The van der Waals surface area contributed by atoms with Gasteiger partial charge < -0.3 is 5.11 Å². The normalized spacial score (nSPS) is 8.80. The Balaban J connectivity index is 0.000000216. The molecule has 0 saturated carbocycles. The SMILES string of the molecule is Oc1ccccc1.[NaH].c1ccc(-c2ccccc2)cc1. The first kappa shape index (κ1) is 16.5. The van der Waals surface area contributed by atoms with E-state index in [1.54, 1.807) is 24.3 Å². The number of hydrogen-bond acceptors (Lipinski definition) is 1. The fourth-order valence-electron chi connectivity index (χ4n) is 1.69. The van der Waals surface area contributed by atoms with Crippen molar-refractivity contribution < 1.29 is 5.11 Å². The van der Waals surface area contributed by atoms with Crippen molar-refractivity contribution in [3.8, 4) is 16.9 Å². The number of phenolic OH excluding ortho intramolecular Hbond substituents is 1. The summed E-state index contributed by atoms with van der Waals surface area (Å²) in [6, 6.07) is 29.5. The molecule has 3 rings (SSSR count). The van der Waals surface area contributed by atoms with Gasteiger partial charge in [-0.1, -0.05) is 78.9 Å². The molecule has 0 heterocycles. The van der Waals surface area contributed by atoms with Crippen LogP contribution in [0.25, 0.3) is 11.1 Å². The van der Waals surface area contributed by atoms with Gasteiger partial charge in [-0.3, -0.25) is 0 Å². The Hall–Kier alpha value is -1.54. The van der Waals surface area contributed by atoms with E-state index in [9.17, 15) is 0 Å². The largest absolute Gasteiger partial charge is 0.0622 e. The summed E-state index contributed by atoms with van der Waals surface area (Å²) in [4.78, 5) is 0. The number of hydrogen-bond donors (Lipinski definition) is 1. The van der Waals surface area contributed by atoms with Crippen LogP contribution in [0.4, 0.5) is 0 Å². The fraction of sp³-hybridized carbons (Fsp3) is 0. The van der Waals surface area contributed by atoms with Gasteiger partial charge in [-0.15, -0.1) is 0 Å². The second-order valence-electron chi connectivity index (χ2n) is 4.07. The standard InChI is InChI=1S/C12H10.C6H6O.Na.H/c1-3-7-11(8-4-1)12-9-5-2-6-10-12;7-6-4-2-1-3-5-6;;/h1-10H;1-5,7H;;. The number of para-hydroxylation sites is 1. The zero-order valence-corrected chi connectivity index (χ0v) is 10.6. The molecule has 0 aromatic heterocycles. The van der Waals surface area contributed by atoms with Gasteiger partial charge in [0, 0.05) is 0 Å². The molecule has 0 bridgehead atoms. The summed E-state index contributed by atoms with van der Waals surface area (Å²) in [5.74, 6) is 0.322. The second kappa shape index (κ2) is 9.38. The van der Waals surface area contributed by atoms with Gasteiger partial charge in [-0.2, -0.15) is 0 Å². The third-order valence-corrected chi connectivity index (χ3v) is 2.64. The summed E-state index contributed by atoms with van der Waals surface area (Å²) < 4.78 is 0. The van der Waals surface area contributed by atoms with Crippen LogP contribution in [0, 0.1) is 0 Å². The van der Waals surface area contributed by atoms with E-state index in [0.29, 0.717) is 5.75 Å². The zero-order valence-electron chi connectivity index (χ0n) is 10.6. The van der Waals surface area contributed by atoms with E-state index >= 15 is 0 Å². The molecule has 0 atom stereocenters. The summed E-state index contributed by atoms with van der Waals surface area (Å²) in [6.07, 6.45) is 0. The van der Waals surface area contributed by atoms with E-state index < -0.39 is 0 Å². The molecule has 3 aromatic rings. The number of aromatic hydroxyl groups is 1. The topological polar surface area (TPSA) is 20.2 Å². The van der Waals surface area contributed by atoms with Gasteiger partial charge in [0.05, 0.1) is 0 Å². The fourth-order valence-corrected chi connectivity index (χ4v) is 1.69. The van der Waals surface area contributed by atoms with E-state index in [1.807, 2.05) is 18.2 Å². The van der Waals surface area contributed by atoms with Crippen molar-refractivity contribution in [2.75, 3.05) is 0 Å². The van der Waals surface area contributed by atoms with Crippen molar-refractivity contribution in [2.24, 2.45) is 0 Å². The molecule has 0 unspecified atom stereocenters. The Kier molecular flexibility index (Phi) is 7.74. The quantitative estimate of drug-likeness (QED) is 0.661. The second-order valence-corrected chi connectivity index (χ2v) is 4.07. The molecule has 0 saturated heterocycles. The Bertz CT molecular complexity index is 542. The molecule has 0 aliphatic rings. The number of rotatable bonds is 1. The van der Waals surface area contributed by atoms with E-state index in [2.05, 4.69) is 48.5 Å². The molecule has 2 heteroatoms. The minimum Gasteiger partial charge on any atom is -0.0622 e. The van der Waals surface area contributed by atoms with Crippen LogP contribution in [0.3, 0.4) is 0 Å². The van der Waals surface area contributed by atoms with Crippen LogP contribution in [0.1, 0.15) is 0 Å². The predicted octanol–water partition coefficient (Wildman–Crippen LogP) is 4.10. The average molecular weight is 272 g/mol. The molecule has 3 aromatic carbocycles. The summed E-state index contributed by atoms with van der Waals surface area (Å²) in [5, 5.41) is 8.63. The van der Waals surface area contributed by atoms with Crippen LogP contribution in [-0.4, -0.2) is 34.7 Å². The molecular formula is C18H17NaO. The van der Waals surface area contributed by atoms with E-state index in [-0.39, 0.29) is 29.6 Å². The molecule has 0 amide bonds. The predicted molar refractivity (Wildman–Crippen MR) is 87.1 cm³/mol. The Morgan fingerprint density at radius 3 is 1.00 bits per heavy atom. The minimum absolute atomic E-state index is 0. The van der Waals surface area contributed by atoms with Crippen LogP contribution in [0.15, 0.2) is 91.0 Å². The smallest absolute Gasteiger partial charge is 0.0184 e. The molecule has 0 radical (unpaired) electrons. The van der Waals surface area contributed by atoms with Crippen molar-refractivity contribution in [3.05, 3.63) is 91.0 Å². The summed E-state index contributed by atoms with van der Waals surface area (Å²) in [7, 11) is 0. The minimum atomic E-state index is 0. The molecule has 96 valence electrons. The van der Waals surface area contributed by atoms with Gasteiger partial charge in [0.25, 0.3) is 0 Å². The summed E-state index contributed by atoms with van der Waals surface area (Å²) in [5.41, 5.74) is 2.55. The number of phenols is 1. The first-order valence-electron chi connectivity index (χ1n) is 6.21. The Morgan fingerprint density at radius 1 is 0.450 bits per heavy atom. The molecule has 20 heavy (non-hydrogen) atoms. The number of benzene rings is 3. The molecule has 0 aliphatic heterocycles. The van der Waals surface area contributed by atoms with Crippen molar-refractivity contribution in [2.45, 2.75) is 0 Å². The molecular weight excluding hydrogens is 255 g/mol. The zero-order chi connectivity index (χ0) is 13.3. The van der Waals surface area contributed by atoms with Gasteiger partial charge in [0.1, 0.15) is 5.75 Å². The average Bonchev–Trinajstić information content (AvgIpc) is 2.51. The summed E-state index contributed by atoms with van der Waals surface area (Å²) >= 11 is 0. The van der Waals surface area contributed by atoms with Gasteiger partial charge in [-0.25, -0.2) is 0 Å².